The van der Waals surface area contributed by atoms with Gasteiger partial charge in [-0.1, -0.05) is 13.8 Å². The Hall–Kier alpha value is -1.36. The first-order valence-electron chi connectivity index (χ1n) is 7.38. The Morgan fingerprint density at radius 2 is 2.19 bits per heavy atom. The van der Waals surface area contributed by atoms with Crippen molar-refractivity contribution in [3.63, 3.8) is 0 Å². The number of hydrogen-bond acceptors (Lipinski definition) is 5. The largest absolute Gasteiger partial charge is 0.462 e. The summed E-state index contributed by atoms with van der Waals surface area (Å²) in [6, 6.07) is 5.45. The van der Waals surface area contributed by atoms with Gasteiger partial charge in [0.25, 0.3) is 0 Å². The topological polar surface area (TPSA) is 55.6 Å². The fourth-order valence-corrected chi connectivity index (χ4v) is 3.54. The number of thioether (sulfide) groups is 1. The molecule has 4 nitrogen and oxygen atoms in total. The third-order valence-electron chi connectivity index (χ3n) is 3.72. The number of hydrogen-bond donors (Lipinski definition) is 1. The second kappa shape index (κ2) is 6.60. The van der Waals surface area contributed by atoms with Crippen molar-refractivity contribution in [3.8, 4) is 0 Å². The van der Waals surface area contributed by atoms with E-state index in [0.29, 0.717) is 22.6 Å². The van der Waals surface area contributed by atoms with Crippen LogP contribution < -0.4 is 10.6 Å². The highest BCUT2D eigenvalue weighted by molar-refractivity contribution is 8.00. The van der Waals surface area contributed by atoms with Crippen molar-refractivity contribution in [2.45, 2.75) is 31.9 Å². The van der Waals surface area contributed by atoms with Crippen LogP contribution in [0.15, 0.2) is 18.2 Å². The summed E-state index contributed by atoms with van der Waals surface area (Å²) >= 11 is 2.00. The maximum absolute atomic E-state index is 11.7. The number of benzene rings is 1. The molecule has 5 heteroatoms. The van der Waals surface area contributed by atoms with E-state index >= 15 is 0 Å². The quantitative estimate of drug-likeness (QED) is 0.686. The zero-order valence-electron chi connectivity index (χ0n) is 13.0. The molecule has 0 unspecified atom stereocenters. The van der Waals surface area contributed by atoms with Crippen molar-refractivity contribution in [2.75, 3.05) is 36.1 Å². The average molecular weight is 308 g/mol. The highest BCUT2D eigenvalue weighted by Gasteiger charge is 2.24. The van der Waals surface area contributed by atoms with Crippen LogP contribution in [0.1, 0.15) is 37.6 Å². The predicted octanol–water partition coefficient (Wildman–Crippen LogP) is 3.17. The Morgan fingerprint density at radius 3 is 2.86 bits per heavy atom. The minimum Gasteiger partial charge on any atom is -0.462 e. The van der Waals surface area contributed by atoms with Gasteiger partial charge in [0.15, 0.2) is 0 Å². The van der Waals surface area contributed by atoms with Crippen LogP contribution in [0.5, 0.6) is 0 Å². The summed E-state index contributed by atoms with van der Waals surface area (Å²) < 4.78 is 5.32. The molecular weight excluding hydrogens is 284 g/mol. The smallest absolute Gasteiger partial charge is 0.338 e. The molecule has 2 rings (SSSR count). The first-order chi connectivity index (χ1) is 9.93. The van der Waals surface area contributed by atoms with Crippen molar-refractivity contribution >= 4 is 29.1 Å². The standard InChI is InChI=1S/C16H24N2O2S/c1-4-20-15(19)12-5-6-14(13(17)11-12)18-8-7-16(2,3)21-10-9-18/h5-6,11H,4,7-10,17H2,1-3H3. The summed E-state index contributed by atoms with van der Waals surface area (Å²) in [6.07, 6.45) is 1.12. The number of carbonyl (C=O) groups excluding carboxylic acids is 1. The lowest BCUT2D eigenvalue weighted by Crippen LogP contribution is -2.27. The predicted molar refractivity (Wildman–Crippen MR) is 90.2 cm³/mol. The number of carbonyl (C=O) groups is 1. The van der Waals surface area contributed by atoms with E-state index in [1.54, 1.807) is 19.1 Å². The molecular formula is C16H24N2O2S. The molecule has 2 N–H and O–H groups in total. The first-order valence-corrected chi connectivity index (χ1v) is 8.37. The molecule has 1 fully saturated rings. The fraction of sp³-hybridized carbons (Fsp3) is 0.562. The summed E-state index contributed by atoms with van der Waals surface area (Å²) in [5.41, 5.74) is 8.32. The lowest BCUT2D eigenvalue weighted by atomic mass is 10.1. The number of esters is 1. The molecule has 1 aromatic rings. The van der Waals surface area contributed by atoms with E-state index in [0.717, 1.165) is 31.0 Å². The highest BCUT2D eigenvalue weighted by atomic mass is 32.2. The summed E-state index contributed by atoms with van der Waals surface area (Å²) in [5.74, 6) is 0.773. The number of nitrogens with two attached hydrogens (primary N) is 1. The van der Waals surface area contributed by atoms with Crippen molar-refractivity contribution in [2.24, 2.45) is 0 Å². The Bertz CT molecular complexity index is 517. The van der Waals surface area contributed by atoms with E-state index in [9.17, 15) is 4.79 Å². The monoisotopic (exact) mass is 308 g/mol. The molecule has 0 aromatic heterocycles. The van der Waals surface area contributed by atoms with Gasteiger partial charge >= 0.3 is 5.97 Å². The van der Waals surface area contributed by atoms with Gasteiger partial charge in [0.2, 0.25) is 0 Å². The molecule has 1 heterocycles. The Kier molecular flexibility index (Phi) is 5.04. The third-order valence-corrected chi connectivity index (χ3v) is 5.09. The molecule has 1 aromatic carbocycles. The van der Waals surface area contributed by atoms with Crippen LogP contribution in [-0.2, 0) is 4.74 Å². The van der Waals surface area contributed by atoms with Gasteiger partial charge < -0.3 is 15.4 Å². The van der Waals surface area contributed by atoms with Gasteiger partial charge in [0, 0.05) is 23.6 Å². The van der Waals surface area contributed by atoms with Crippen molar-refractivity contribution in [1.82, 2.24) is 0 Å². The van der Waals surface area contributed by atoms with Crippen LogP contribution in [0.4, 0.5) is 11.4 Å². The fourth-order valence-electron chi connectivity index (χ4n) is 2.45. The second-order valence-corrected chi connectivity index (χ2v) is 7.64. The molecule has 0 saturated carbocycles. The molecule has 1 aliphatic heterocycles. The normalized spacial score (nSPS) is 18.1. The molecule has 0 atom stereocenters. The number of anilines is 2. The van der Waals surface area contributed by atoms with E-state index < -0.39 is 0 Å². The average Bonchev–Trinajstić information content (AvgIpc) is 2.60. The summed E-state index contributed by atoms with van der Waals surface area (Å²) in [7, 11) is 0. The van der Waals surface area contributed by atoms with Crippen molar-refractivity contribution < 1.29 is 9.53 Å². The van der Waals surface area contributed by atoms with Crippen molar-refractivity contribution in [1.29, 1.82) is 0 Å². The zero-order valence-corrected chi connectivity index (χ0v) is 13.8. The summed E-state index contributed by atoms with van der Waals surface area (Å²) in [4.78, 5) is 14.0. The van der Waals surface area contributed by atoms with Gasteiger partial charge in [-0.05, 0) is 31.5 Å². The van der Waals surface area contributed by atoms with Crippen molar-refractivity contribution in [3.05, 3.63) is 23.8 Å². The van der Waals surface area contributed by atoms with E-state index in [1.807, 2.05) is 17.8 Å². The molecule has 0 bridgehead atoms. The lowest BCUT2D eigenvalue weighted by Gasteiger charge is -2.25. The van der Waals surface area contributed by atoms with Gasteiger partial charge in [-0.2, -0.15) is 11.8 Å². The van der Waals surface area contributed by atoms with Crippen LogP contribution in [0, 0.1) is 0 Å². The maximum atomic E-state index is 11.7. The number of nitrogen functional groups attached to an aromatic ring is 1. The minimum atomic E-state index is -0.316. The molecule has 1 saturated heterocycles. The van der Waals surface area contributed by atoms with E-state index in [4.69, 9.17) is 10.5 Å². The van der Waals surface area contributed by atoms with Crippen LogP contribution in [0.2, 0.25) is 0 Å². The minimum absolute atomic E-state index is 0.314. The van der Waals surface area contributed by atoms with E-state index in [1.165, 1.54) is 0 Å². The zero-order chi connectivity index (χ0) is 15.5. The van der Waals surface area contributed by atoms with E-state index in [-0.39, 0.29) is 5.97 Å². The number of nitrogens with zero attached hydrogens (tertiary/aromatic N) is 1. The molecule has 0 radical (unpaired) electrons. The Labute approximate surface area is 131 Å². The lowest BCUT2D eigenvalue weighted by molar-refractivity contribution is 0.0526. The summed E-state index contributed by atoms with van der Waals surface area (Å²) in [6.45, 7) is 8.72. The molecule has 0 spiro atoms. The van der Waals surface area contributed by atoms with Gasteiger partial charge in [0.1, 0.15) is 0 Å². The number of ether oxygens (including phenoxy) is 1. The highest BCUT2D eigenvalue weighted by Crippen LogP contribution is 2.34. The molecule has 1 aliphatic rings. The van der Waals surface area contributed by atoms with Gasteiger partial charge in [-0.3, -0.25) is 0 Å². The maximum Gasteiger partial charge on any atom is 0.338 e. The first kappa shape index (κ1) is 16.0. The summed E-state index contributed by atoms with van der Waals surface area (Å²) in [5, 5.41) is 0. The molecule has 21 heavy (non-hydrogen) atoms. The van der Waals surface area contributed by atoms with Crippen LogP contribution in [0.3, 0.4) is 0 Å². The van der Waals surface area contributed by atoms with Gasteiger partial charge in [-0.25, -0.2) is 4.79 Å². The molecule has 0 amide bonds. The van der Waals surface area contributed by atoms with Gasteiger partial charge in [-0.15, -0.1) is 0 Å². The Morgan fingerprint density at radius 1 is 1.43 bits per heavy atom. The van der Waals surface area contributed by atoms with Gasteiger partial charge in [0.05, 0.1) is 23.5 Å². The van der Waals surface area contributed by atoms with Crippen LogP contribution in [-0.4, -0.2) is 36.2 Å². The molecule has 116 valence electrons. The number of rotatable bonds is 3. The SMILES string of the molecule is CCOC(=O)c1ccc(N2CCSC(C)(C)CC2)c(N)c1. The Balaban J connectivity index is 2.15. The molecule has 0 aliphatic carbocycles. The van der Waals surface area contributed by atoms with E-state index in [2.05, 4.69) is 18.7 Å². The third kappa shape index (κ3) is 4.06. The van der Waals surface area contributed by atoms with Crippen LogP contribution in [0.25, 0.3) is 0 Å². The van der Waals surface area contributed by atoms with Crippen LogP contribution >= 0.6 is 11.8 Å². The second-order valence-electron chi connectivity index (χ2n) is 5.84.